The molecule has 1 aromatic heterocycles. The van der Waals surface area contributed by atoms with E-state index in [4.69, 9.17) is 10.5 Å². The predicted molar refractivity (Wildman–Crippen MR) is 87.6 cm³/mol. The smallest absolute Gasteiger partial charge is 0.239 e. The number of pyridine rings is 1. The molecule has 5 heteroatoms. The Morgan fingerprint density at radius 3 is 3.05 bits per heavy atom. The highest BCUT2D eigenvalue weighted by Gasteiger charge is 2.21. The number of nitrogens with one attached hydrogen (secondary N) is 1. The number of ether oxygens (including phenoxy) is 1. The Bertz CT molecular complexity index is 428. The van der Waals surface area contributed by atoms with E-state index in [0.29, 0.717) is 24.2 Å². The van der Waals surface area contributed by atoms with Gasteiger partial charge in [-0.3, -0.25) is 0 Å². The van der Waals surface area contributed by atoms with Crippen LogP contribution < -0.4 is 15.8 Å². The van der Waals surface area contributed by atoms with Gasteiger partial charge in [0.15, 0.2) is 0 Å². The van der Waals surface area contributed by atoms with Gasteiger partial charge in [0.05, 0.1) is 12.3 Å². The van der Waals surface area contributed by atoms with Crippen LogP contribution in [-0.4, -0.2) is 29.1 Å². The standard InChI is InChI=1S/C15H25N3OS/c1-3-9-19-15-13(16)7-8-14(18-15)17-11-5-4-6-12(10-11)20-2/h7-8,11-12H,3-6,9-10,16H2,1-2H3,(H,17,18). The van der Waals surface area contributed by atoms with Gasteiger partial charge in [-0.1, -0.05) is 13.3 Å². The maximum absolute atomic E-state index is 5.89. The van der Waals surface area contributed by atoms with Gasteiger partial charge in [0.25, 0.3) is 0 Å². The molecule has 1 aromatic rings. The fourth-order valence-electron chi connectivity index (χ4n) is 2.55. The largest absolute Gasteiger partial charge is 0.476 e. The number of nitrogens with two attached hydrogens (primary N) is 1. The first-order valence-electron chi connectivity index (χ1n) is 7.41. The van der Waals surface area contributed by atoms with Crippen molar-refractivity contribution in [1.82, 2.24) is 4.98 Å². The van der Waals surface area contributed by atoms with Crippen LogP contribution in [0.1, 0.15) is 39.0 Å². The summed E-state index contributed by atoms with van der Waals surface area (Å²) in [6.07, 6.45) is 8.20. The van der Waals surface area contributed by atoms with Crippen molar-refractivity contribution >= 4 is 23.3 Å². The maximum atomic E-state index is 5.89. The Balaban J connectivity index is 1.98. The summed E-state index contributed by atoms with van der Waals surface area (Å²) in [5.74, 6) is 1.42. The molecule has 0 saturated heterocycles. The molecule has 0 aliphatic heterocycles. The fourth-order valence-corrected chi connectivity index (χ4v) is 3.37. The lowest BCUT2D eigenvalue weighted by Crippen LogP contribution is -2.28. The summed E-state index contributed by atoms with van der Waals surface area (Å²) >= 11 is 1.97. The van der Waals surface area contributed by atoms with Crippen LogP contribution in [0.2, 0.25) is 0 Å². The van der Waals surface area contributed by atoms with Crippen LogP contribution in [0.3, 0.4) is 0 Å². The zero-order chi connectivity index (χ0) is 14.4. The summed E-state index contributed by atoms with van der Waals surface area (Å²) in [4.78, 5) is 4.49. The molecule has 0 aromatic carbocycles. The van der Waals surface area contributed by atoms with Crippen molar-refractivity contribution in [1.29, 1.82) is 0 Å². The average Bonchev–Trinajstić information content (AvgIpc) is 2.48. The number of aromatic nitrogens is 1. The zero-order valence-electron chi connectivity index (χ0n) is 12.4. The molecule has 0 amide bonds. The number of anilines is 2. The zero-order valence-corrected chi connectivity index (χ0v) is 13.2. The Labute approximate surface area is 125 Å². The van der Waals surface area contributed by atoms with Gasteiger partial charge in [0.1, 0.15) is 5.82 Å². The van der Waals surface area contributed by atoms with Gasteiger partial charge in [-0.25, -0.2) is 0 Å². The van der Waals surface area contributed by atoms with Gasteiger partial charge in [0.2, 0.25) is 5.88 Å². The van der Waals surface area contributed by atoms with Crippen molar-refractivity contribution in [3.8, 4) is 5.88 Å². The van der Waals surface area contributed by atoms with Crippen LogP contribution in [0.25, 0.3) is 0 Å². The second-order valence-corrected chi connectivity index (χ2v) is 6.44. The van der Waals surface area contributed by atoms with Crippen molar-refractivity contribution in [2.45, 2.75) is 50.3 Å². The SMILES string of the molecule is CCCOc1nc(NC2CCCC(SC)C2)ccc1N. The number of hydrogen-bond acceptors (Lipinski definition) is 5. The summed E-state index contributed by atoms with van der Waals surface area (Å²) in [6.45, 7) is 2.72. The van der Waals surface area contributed by atoms with Crippen molar-refractivity contribution in [2.75, 3.05) is 23.9 Å². The first-order valence-corrected chi connectivity index (χ1v) is 8.70. The molecule has 2 unspecified atom stereocenters. The summed E-state index contributed by atoms with van der Waals surface area (Å²) in [5, 5.41) is 4.30. The minimum Gasteiger partial charge on any atom is -0.476 e. The lowest BCUT2D eigenvalue weighted by Gasteiger charge is -2.29. The fraction of sp³-hybridized carbons (Fsp3) is 0.667. The van der Waals surface area contributed by atoms with Gasteiger partial charge >= 0.3 is 0 Å². The summed E-state index contributed by atoms with van der Waals surface area (Å²) in [6, 6.07) is 4.32. The number of nitrogens with zero attached hydrogens (tertiary/aromatic N) is 1. The van der Waals surface area contributed by atoms with Crippen molar-refractivity contribution < 1.29 is 4.74 Å². The summed E-state index contributed by atoms with van der Waals surface area (Å²) < 4.78 is 5.58. The molecule has 2 atom stereocenters. The molecule has 3 N–H and O–H groups in total. The molecule has 1 aliphatic rings. The van der Waals surface area contributed by atoms with Crippen molar-refractivity contribution in [3.05, 3.63) is 12.1 Å². The van der Waals surface area contributed by atoms with E-state index in [1.54, 1.807) is 0 Å². The van der Waals surface area contributed by atoms with E-state index in [-0.39, 0.29) is 0 Å². The van der Waals surface area contributed by atoms with Crippen LogP contribution >= 0.6 is 11.8 Å². The number of rotatable bonds is 6. The third-order valence-corrected chi connectivity index (χ3v) is 4.74. The normalized spacial score (nSPS) is 22.5. The molecular formula is C15H25N3OS. The van der Waals surface area contributed by atoms with Gasteiger partial charge in [-0.15, -0.1) is 0 Å². The topological polar surface area (TPSA) is 60.2 Å². The summed E-state index contributed by atoms with van der Waals surface area (Å²) in [7, 11) is 0. The van der Waals surface area contributed by atoms with E-state index >= 15 is 0 Å². The van der Waals surface area contributed by atoms with Crippen LogP contribution in [0.4, 0.5) is 11.5 Å². The van der Waals surface area contributed by atoms with E-state index in [1.807, 2.05) is 23.9 Å². The first kappa shape index (κ1) is 15.3. The van der Waals surface area contributed by atoms with Gasteiger partial charge in [0, 0.05) is 11.3 Å². The van der Waals surface area contributed by atoms with E-state index in [2.05, 4.69) is 23.5 Å². The van der Waals surface area contributed by atoms with Crippen LogP contribution in [-0.2, 0) is 0 Å². The van der Waals surface area contributed by atoms with E-state index in [0.717, 1.165) is 17.5 Å². The first-order chi connectivity index (χ1) is 9.72. The van der Waals surface area contributed by atoms with Gasteiger partial charge < -0.3 is 15.8 Å². The molecule has 1 fully saturated rings. The van der Waals surface area contributed by atoms with Gasteiger partial charge in [-0.05, 0) is 44.1 Å². The molecule has 1 saturated carbocycles. The highest BCUT2D eigenvalue weighted by Crippen LogP contribution is 2.29. The predicted octanol–water partition coefficient (Wildman–Crippen LogP) is 3.54. The second kappa shape index (κ2) is 7.62. The lowest BCUT2D eigenvalue weighted by atomic mass is 9.95. The molecule has 20 heavy (non-hydrogen) atoms. The van der Waals surface area contributed by atoms with Crippen LogP contribution in [0.15, 0.2) is 12.1 Å². The molecule has 1 aliphatic carbocycles. The summed E-state index contributed by atoms with van der Waals surface area (Å²) in [5.41, 5.74) is 6.49. The maximum Gasteiger partial charge on any atom is 0.239 e. The molecule has 0 spiro atoms. The van der Waals surface area contributed by atoms with E-state index in [1.165, 1.54) is 25.7 Å². The van der Waals surface area contributed by atoms with E-state index < -0.39 is 0 Å². The minimum atomic E-state index is 0.511. The Hall–Kier alpha value is -1.10. The third-order valence-electron chi connectivity index (χ3n) is 3.64. The third kappa shape index (κ3) is 4.20. The van der Waals surface area contributed by atoms with Crippen LogP contribution in [0.5, 0.6) is 5.88 Å². The molecule has 4 nitrogen and oxygen atoms in total. The number of thioether (sulfide) groups is 1. The Morgan fingerprint density at radius 2 is 2.30 bits per heavy atom. The lowest BCUT2D eigenvalue weighted by molar-refractivity contribution is 0.307. The Morgan fingerprint density at radius 1 is 1.45 bits per heavy atom. The van der Waals surface area contributed by atoms with Crippen molar-refractivity contribution in [3.63, 3.8) is 0 Å². The second-order valence-electron chi connectivity index (χ2n) is 5.30. The molecule has 2 rings (SSSR count). The minimum absolute atomic E-state index is 0.511. The molecule has 0 bridgehead atoms. The van der Waals surface area contributed by atoms with Crippen LogP contribution in [0, 0.1) is 0 Å². The van der Waals surface area contributed by atoms with Crippen molar-refractivity contribution in [2.24, 2.45) is 0 Å². The molecule has 0 radical (unpaired) electrons. The highest BCUT2D eigenvalue weighted by atomic mass is 32.2. The highest BCUT2D eigenvalue weighted by molar-refractivity contribution is 7.99. The number of hydrogen-bond donors (Lipinski definition) is 2. The van der Waals surface area contributed by atoms with Gasteiger partial charge in [-0.2, -0.15) is 16.7 Å². The average molecular weight is 295 g/mol. The Kier molecular flexibility index (Phi) is 5.83. The number of nitrogen functional groups attached to an aromatic ring is 1. The quantitative estimate of drug-likeness (QED) is 0.840. The molecule has 1 heterocycles. The monoisotopic (exact) mass is 295 g/mol. The molecule has 112 valence electrons. The molecular weight excluding hydrogens is 270 g/mol. The van der Waals surface area contributed by atoms with E-state index in [9.17, 15) is 0 Å².